The predicted octanol–water partition coefficient (Wildman–Crippen LogP) is 4.33. The van der Waals surface area contributed by atoms with Gasteiger partial charge < -0.3 is 5.73 Å². The van der Waals surface area contributed by atoms with Gasteiger partial charge in [-0.25, -0.2) is 0 Å². The fourth-order valence-corrected chi connectivity index (χ4v) is 2.38. The SMILES string of the molecule is CCCCCN(CCCCC)C(N)c1ccccc1. The minimum Gasteiger partial charge on any atom is -0.312 e. The molecule has 1 aromatic carbocycles. The second kappa shape index (κ2) is 9.99. The van der Waals surface area contributed by atoms with Gasteiger partial charge in [-0.1, -0.05) is 69.9 Å². The molecule has 0 heterocycles. The molecule has 0 aliphatic carbocycles. The first-order chi connectivity index (χ1) is 9.29. The Morgan fingerprint density at radius 3 is 1.89 bits per heavy atom. The van der Waals surface area contributed by atoms with Gasteiger partial charge in [0.15, 0.2) is 0 Å². The lowest BCUT2D eigenvalue weighted by atomic mass is 10.1. The maximum absolute atomic E-state index is 6.43. The Kier molecular flexibility index (Phi) is 8.52. The topological polar surface area (TPSA) is 29.3 Å². The number of benzene rings is 1. The van der Waals surface area contributed by atoms with Gasteiger partial charge >= 0.3 is 0 Å². The van der Waals surface area contributed by atoms with Crippen LogP contribution < -0.4 is 5.73 Å². The van der Waals surface area contributed by atoms with Crippen molar-refractivity contribution >= 4 is 0 Å². The highest BCUT2D eigenvalue weighted by Crippen LogP contribution is 2.17. The van der Waals surface area contributed by atoms with Crippen molar-refractivity contribution in [1.82, 2.24) is 4.90 Å². The highest BCUT2D eigenvalue weighted by atomic mass is 15.2. The van der Waals surface area contributed by atoms with Crippen molar-refractivity contribution in [2.24, 2.45) is 5.73 Å². The number of hydrogen-bond donors (Lipinski definition) is 1. The van der Waals surface area contributed by atoms with Gasteiger partial charge in [0, 0.05) is 0 Å². The van der Waals surface area contributed by atoms with Gasteiger partial charge in [0.05, 0.1) is 6.17 Å². The maximum atomic E-state index is 6.43. The van der Waals surface area contributed by atoms with Gasteiger partial charge in [0.2, 0.25) is 0 Å². The van der Waals surface area contributed by atoms with Crippen molar-refractivity contribution in [3.63, 3.8) is 0 Å². The van der Waals surface area contributed by atoms with E-state index >= 15 is 0 Å². The van der Waals surface area contributed by atoms with E-state index in [0.29, 0.717) is 0 Å². The van der Waals surface area contributed by atoms with Crippen molar-refractivity contribution in [3.8, 4) is 0 Å². The number of nitrogens with zero attached hydrogens (tertiary/aromatic N) is 1. The molecule has 0 fully saturated rings. The average Bonchev–Trinajstić information content (AvgIpc) is 2.46. The summed E-state index contributed by atoms with van der Waals surface area (Å²) in [4.78, 5) is 2.45. The van der Waals surface area contributed by atoms with E-state index in [1.807, 2.05) is 0 Å². The molecule has 0 radical (unpaired) electrons. The Morgan fingerprint density at radius 2 is 1.42 bits per heavy atom. The molecule has 0 amide bonds. The molecule has 0 spiro atoms. The Morgan fingerprint density at radius 1 is 0.895 bits per heavy atom. The molecule has 2 heteroatoms. The summed E-state index contributed by atoms with van der Waals surface area (Å²) >= 11 is 0. The van der Waals surface area contributed by atoms with Crippen LogP contribution in [0.15, 0.2) is 30.3 Å². The Bertz CT molecular complexity index is 300. The number of rotatable bonds is 10. The van der Waals surface area contributed by atoms with Crippen LogP contribution in [-0.4, -0.2) is 18.0 Å². The third-order valence-electron chi connectivity index (χ3n) is 3.63. The molecule has 19 heavy (non-hydrogen) atoms. The van der Waals surface area contributed by atoms with E-state index in [2.05, 4.69) is 49.1 Å². The zero-order chi connectivity index (χ0) is 13.9. The van der Waals surface area contributed by atoms with E-state index < -0.39 is 0 Å². The molecule has 2 N–H and O–H groups in total. The molecule has 2 nitrogen and oxygen atoms in total. The van der Waals surface area contributed by atoms with E-state index in [9.17, 15) is 0 Å². The van der Waals surface area contributed by atoms with Gasteiger partial charge in [-0.05, 0) is 31.5 Å². The van der Waals surface area contributed by atoms with Crippen molar-refractivity contribution in [2.75, 3.05) is 13.1 Å². The van der Waals surface area contributed by atoms with E-state index in [1.54, 1.807) is 0 Å². The number of unbranched alkanes of at least 4 members (excludes halogenated alkanes) is 4. The van der Waals surface area contributed by atoms with E-state index in [-0.39, 0.29) is 6.17 Å². The van der Waals surface area contributed by atoms with Crippen LogP contribution in [0.25, 0.3) is 0 Å². The second-order valence-electron chi connectivity index (χ2n) is 5.31. The minimum atomic E-state index is 0.0508. The molecule has 0 aliphatic heterocycles. The highest BCUT2D eigenvalue weighted by Gasteiger charge is 2.14. The van der Waals surface area contributed by atoms with Gasteiger partial charge in [0.25, 0.3) is 0 Å². The zero-order valence-electron chi connectivity index (χ0n) is 12.6. The maximum Gasteiger partial charge on any atom is 0.0835 e. The lowest BCUT2D eigenvalue weighted by Gasteiger charge is -2.29. The molecule has 1 aromatic rings. The minimum absolute atomic E-state index is 0.0508. The Balaban J connectivity index is 2.55. The molecule has 1 atom stereocenters. The summed E-state index contributed by atoms with van der Waals surface area (Å²) < 4.78 is 0. The molecule has 0 aromatic heterocycles. The fourth-order valence-electron chi connectivity index (χ4n) is 2.38. The van der Waals surface area contributed by atoms with E-state index in [1.165, 1.54) is 44.1 Å². The van der Waals surface area contributed by atoms with E-state index in [4.69, 9.17) is 5.73 Å². The first-order valence-corrected chi connectivity index (χ1v) is 7.84. The average molecular weight is 262 g/mol. The Labute approximate surface area is 119 Å². The van der Waals surface area contributed by atoms with Crippen LogP contribution in [0.5, 0.6) is 0 Å². The first kappa shape index (κ1) is 16.2. The van der Waals surface area contributed by atoms with Crippen LogP contribution in [0.3, 0.4) is 0 Å². The molecule has 0 saturated carbocycles. The van der Waals surface area contributed by atoms with Crippen LogP contribution >= 0.6 is 0 Å². The summed E-state index contributed by atoms with van der Waals surface area (Å²) in [5.41, 5.74) is 7.66. The summed E-state index contributed by atoms with van der Waals surface area (Å²) in [6.45, 7) is 6.73. The number of hydrogen-bond acceptors (Lipinski definition) is 2. The first-order valence-electron chi connectivity index (χ1n) is 7.84. The fraction of sp³-hybridized carbons (Fsp3) is 0.647. The zero-order valence-corrected chi connectivity index (χ0v) is 12.6. The highest BCUT2D eigenvalue weighted by molar-refractivity contribution is 5.17. The molecule has 0 aliphatic rings. The molecule has 0 saturated heterocycles. The van der Waals surface area contributed by atoms with Gasteiger partial charge in [0.1, 0.15) is 0 Å². The lowest BCUT2D eigenvalue weighted by Crippen LogP contribution is -2.36. The third kappa shape index (κ3) is 6.22. The normalized spacial score (nSPS) is 12.8. The summed E-state index contributed by atoms with van der Waals surface area (Å²) in [5, 5.41) is 0. The molecule has 0 bridgehead atoms. The summed E-state index contributed by atoms with van der Waals surface area (Å²) in [6.07, 6.45) is 7.69. The molecular formula is C17H30N2. The Hall–Kier alpha value is -0.860. The van der Waals surface area contributed by atoms with Gasteiger partial charge in [-0.15, -0.1) is 0 Å². The van der Waals surface area contributed by atoms with Crippen LogP contribution in [0.1, 0.15) is 64.1 Å². The molecule has 1 rings (SSSR count). The summed E-state index contributed by atoms with van der Waals surface area (Å²) in [7, 11) is 0. The predicted molar refractivity (Wildman–Crippen MR) is 84.0 cm³/mol. The van der Waals surface area contributed by atoms with E-state index in [0.717, 1.165) is 13.1 Å². The van der Waals surface area contributed by atoms with Crippen molar-refractivity contribution in [1.29, 1.82) is 0 Å². The molecule has 108 valence electrons. The van der Waals surface area contributed by atoms with Crippen molar-refractivity contribution in [2.45, 2.75) is 58.5 Å². The standard InChI is InChI=1S/C17H30N2/c1-3-5-10-14-19(15-11-6-4-2)17(18)16-12-8-7-9-13-16/h7-9,12-13,17H,3-6,10-11,14-15,18H2,1-2H3. The van der Waals surface area contributed by atoms with Gasteiger partial charge in [-0.3, -0.25) is 4.90 Å². The molecule has 1 unspecified atom stereocenters. The van der Waals surface area contributed by atoms with Gasteiger partial charge in [-0.2, -0.15) is 0 Å². The van der Waals surface area contributed by atoms with Crippen LogP contribution in [0.4, 0.5) is 0 Å². The number of nitrogens with two attached hydrogens (primary N) is 1. The largest absolute Gasteiger partial charge is 0.312 e. The van der Waals surface area contributed by atoms with Crippen molar-refractivity contribution < 1.29 is 0 Å². The quantitative estimate of drug-likeness (QED) is 0.502. The second-order valence-corrected chi connectivity index (χ2v) is 5.31. The summed E-state index contributed by atoms with van der Waals surface area (Å²) in [6, 6.07) is 10.5. The third-order valence-corrected chi connectivity index (χ3v) is 3.63. The van der Waals surface area contributed by atoms with Crippen LogP contribution in [-0.2, 0) is 0 Å². The monoisotopic (exact) mass is 262 g/mol. The molecular weight excluding hydrogens is 232 g/mol. The summed E-state index contributed by atoms with van der Waals surface area (Å²) in [5.74, 6) is 0. The van der Waals surface area contributed by atoms with Crippen molar-refractivity contribution in [3.05, 3.63) is 35.9 Å². The lowest BCUT2D eigenvalue weighted by molar-refractivity contribution is 0.193. The smallest absolute Gasteiger partial charge is 0.0835 e. The van der Waals surface area contributed by atoms with Crippen LogP contribution in [0, 0.1) is 0 Å². The van der Waals surface area contributed by atoms with Crippen LogP contribution in [0.2, 0.25) is 0 Å².